The van der Waals surface area contributed by atoms with Gasteiger partial charge in [0.05, 0.1) is 19.4 Å². The van der Waals surface area contributed by atoms with Crippen molar-refractivity contribution in [3.8, 4) is 17.0 Å². The van der Waals surface area contributed by atoms with Gasteiger partial charge in [0.1, 0.15) is 16.5 Å². The van der Waals surface area contributed by atoms with E-state index in [1.54, 1.807) is 13.2 Å². The van der Waals surface area contributed by atoms with E-state index in [-0.39, 0.29) is 18.2 Å². The van der Waals surface area contributed by atoms with Crippen LogP contribution < -0.4 is 10.1 Å². The van der Waals surface area contributed by atoms with E-state index in [1.165, 1.54) is 23.1 Å². The van der Waals surface area contributed by atoms with Crippen molar-refractivity contribution in [3.63, 3.8) is 0 Å². The number of nitrogens with zero attached hydrogens (tertiary/aromatic N) is 3. The molecule has 1 aromatic carbocycles. The summed E-state index contributed by atoms with van der Waals surface area (Å²) in [6.45, 7) is 2.16. The van der Waals surface area contributed by atoms with Crippen LogP contribution in [0.4, 0.5) is 0 Å². The Hall–Kier alpha value is -2.39. The molecule has 0 spiro atoms. The van der Waals surface area contributed by atoms with Crippen molar-refractivity contribution in [2.75, 3.05) is 12.9 Å². The zero-order chi connectivity index (χ0) is 17.6. The van der Waals surface area contributed by atoms with E-state index in [9.17, 15) is 4.79 Å². The third-order valence-corrected chi connectivity index (χ3v) is 5.19. The van der Waals surface area contributed by atoms with Crippen LogP contribution in [-0.4, -0.2) is 34.1 Å². The number of carbonyl (C=O) groups excluding carboxylic acids is 1. The number of amides is 1. The van der Waals surface area contributed by atoms with Crippen LogP contribution in [0.2, 0.25) is 0 Å². The van der Waals surface area contributed by atoms with E-state index in [1.807, 2.05) is 31.2 Å². The molecule has 0 saturated heterocycles. The minimum Gasteiger partial charge on any atom is -0.497 e. The van der Waals surface area contributed by atoms with Crippen LogP contribution in [0.5, 0.6) is 5.75 Å². The SMILES string of the molecule is COc1cccc(-c2cc(CNC(=O)CSc3nnc(C)s3)on2)c1. The van der Waals surface area contributed by atoms with Crippen LogP contribution in [0, 0.1) is 6.92 Å². The largest absolute Gasteiger partial charge is 0.497 e. The fourth-order valence-electron chi connectivity index (χ4n) is 2.02. The highest BCUT2D eigenvalue weighted by Crippen LogP contribution is 2.24. The summed E-state index contributed by atoms with van der Waals surface area (Å²) in [6.07, 6.45) is 0. The standard InChI is InChI=1S/C16H16N4O3S2/c1-10-18-19-16(25-10)24-9-15(21)17-8-13-7-14(20-23-13)11-4-3-5-12(6-11)22-2/h3-7H,8-9H2,1-2H3,(H,17,21). The molecule has 1 amide bonds. The third kappa shape index (κ3) is 4.80. The molecule has 0 fully saturated rings. The number of hydrogen-bond donors (Lipinski definition) is 1. The Morgan fingerprint density at radius 3 is 3.00 bits per heavy atom. The van der Waals surface area contributed by atoms with Gasteiger partial charge in [-0.05, 0) is 19.1 Å². The highest BCUT2D eigenvalue weighted by Gasteiger charge is 2.10. The fourth-order valence-corrected chi connectivity index (χ4v) is 3.66. The smallest absolute Gasteiger partial charge is 0.230 e. The molecular formula is C16H16N4O3S2. The summed E-state index contributed by atoms with van der Waals surface area (Å²) >= 11 is 2.83. The summed E-state index contributed by atoms with van der Waals surface area (Å²) in [5.41, 5.74) is 1.59. The Labute approximate surface area is 152 Å². The number of benzene rings is 1. The van der Waals surface area contributed by atoms with Gasteiger partial charge in [0.2, 0.25) is 5.91 Å². The summed E-state index contributed by atoms with van der Waals surface area (Å²) in [5, 5.41) is 15.6. The van der Waals surface area contributed by atoms with Gasteiger partial charge in [-0.1, -0.05) is 40.4 Å². The van der Waals surface area contributed by atoms with Gasteiger partial charge >= 0.3 is 0 Å². The van der Waals surface area contributed by atoms with Crippen LogP contribution >= 0.6 is 23.1 Å². The first-order valence-electron chi connectivity index (χ1n) is 7.43. The van der Waals surface area contributed by atoms with E-state index < -0.39 is 0 Å². The first kappa shape index (κ1) is 17.4. The van der Waals surface area contributed by atoms with Crippen LogP contribution in [0.3, 0.4) is 0 Å². The lowest BCUT2D eigenvalue weighted by atomic mass is 10.1. The molecule has 0 aliphatic heterocycles. The van der Waals surface area contributed by atoms with Crippen molar-refractivity contribution in [3.05, 3.63) is 41.1 Å². The van der Waals surface area contributed by atoms with E-state index in [0.717, 1.165) is 20.7 Å². The molecule has 2 aromatic heterocycles. The lowest BCUT2D eigenvalue weighted by Crippen LogP contribution is -2.24. The summed E-state index contributed by atoms with van der Waals surface area (Å²) in [5.74, 6) is 1.52. The van der Waals surface area contributed by atoms with Crippen molar-refractivity contribution in [1.82, 2.24) is 20.7 Å². The monoisotopic (exact) mass is 376 g/mol. The lowest BCUT2D eigenvalue weighted by molar-refractivity contribution is -0.118. The van der Waals surface area contributed by atoms with E-state index in [2.05, 4.69) is 20.7 Å². The maximum atomic E-state index is 11.9. The van der Waals surface area contributed by atoms with Crippen LogP contribution in [0.15, 0.2) is 39.2 Å². The molecule has 0 aliphatic rings. The summed E-state index contributed by atoms with van der Waals surface area (Å²) in [6, 6.07) is 9.35. The highest BCUT2D eigenvalue weighted by atomic mass is 32.2. The quantitative estimate of drug-likeness (QED) is 0.634. The molecule has 1 N–H and O–H groups in total. The number of hydrogen-bond acceptors (Lipinski definition) is 8. The number of thioether (sulfide) groups is 1. The van der Waals surface area contributed by atoms with E-state index >= 15 is 0 Å². The first-order chi connectivity index (χ1) is 12.1. The van der Waals surface area contributed by atoms with Crippen LogP contribution in [-0.2, 0) is 11.3 Å². The van der Waals surface area contributed by atoms with Gasteiger partial charge < -0.3 is 14.6 Å². The van der Waals surface area contributed by atoms with Crippen molar-refractivity contribution >= 4 is 29.0 Å². The van der Waals surface area contributed by atoms with Gasteiger partial charge in [-0.3, -0.25) is 4.79 Å². The molecule has 0 unspecified atom stereocenters. The lowest BCUT2D eigenvalue weighted by Gasteiger charge is -2.01. The predicted octanol–water partition coefficient (Wildman–Crippen LogP) is 2.92. The van der Waals surface area contributed by atoms with Gasteiger partial charge in [-0.25, -0.2) is 0 Å². The highest BCUT2D eigenvalue weighted by molar-refractivity contribution is 8.01. The second-order valence-corrected chi connectivity index (χ2v) is 7.47. The minimum atomic E-state index is -0.0998. The number of aromatic nitrogens is 3. The molecule has 0 atom stereocenters. The molecule has 2 heterocycles. The third-order valence-electron chi connectivity index (χ3n) is 3.22. The summed E-state index contributed by atoms with van der Waals surface area (Å²) < 4.78 is 11.3. The molecule has 0 radical (unpaired) electrons. The maximum absolute atomic E-state index is 11.9. The molecule has 0 bridgehead atoms. The fraction of sp³-hybridized carbons (Fsp3) is 0.250. The molecule has 7 nitrogen and oxygen atoms in total. The van der Waals surface area contributed by atoms with Gasteiger partial charge in [0.15, 0.2) is 10.1 Å². The van der Waals surface area contributed by atoms with Crippen molar-refractivity contribution in [1.29, 1.82) is 0 Å². The molecule has 3 aromatic rings. The van der Waals surface area contributed by atoms with Crippen LogP contribution in [0.1, 0.15) is 10.8 Å². The van der Waals surface area contributed by atoms with Crippen molar-refractivity contribution in [2.24, 2.45) is 0 Å². The molecule has 9 heteroatoms. The van der Waals surface area contributed by atoms with Gasteiger partial charge in [0, 0.05) is 11.6 Å². The van der Waals surface area contributed by atoms with E-state index in [0.29, 0.717) is 11.5 Å². The molecule has 0 aliphatic carbocycles. The number of carbonyl (C=O) groups is 1. The predicted molar refractivity (Wildman–Crippen MR) is 95.7 cm³/mol. The zero-order valence-electron chi connectivity index (χ0n) is 13.7. The summed E-state index contributed by atoms with van der Waals surface area (Å²) in [7, 11) is 1.62. The van der Waals surface area contributed by atoms with Crippen LogP contribution in [0.25, 0.3) is 11.3 Å². The average molecular weight is 376 g/mol. The minimum absolute atomic E-state index is 0.0998. The second-order valence-electron chi connectivity index (χ2n) is 5.06. The van der Waals surface area contributed by atoms with Crippen molar-refractivity contribution < 1.29 is 14.1 Å². The normalized spacial score (nSPS) is 10.6. The molecule has 130 valence electrons. The van der Waals surface area contributed by atoms with Crippen molar-refractivity contribution in [2.45, 2.75) is 17.8 Å². The van der Waals surface area contributed by atoms with Gasteiger partial charge in [0.25, 0.3) is 0 Å². The number of ether oxygens (including phenoxy) is 1. The average Bonchev–Trinajstić information content (AvgIpc) is 3.27. The topological polar surface area (TPSA) is 90.1 Å². The van der Waals surface area contributed by atoms with Gasteiger partial charge in [-0.2, -0.15) is 0 Å². The molecule has 25 heavy (non-hydrogen) atoms. The zero-order valence-corrected chi connectivity index (χ0v) is 15.3. The number of rotatable bonds is 7. The van der Waals surface area contributed by atoms with Gasteiger partial charge in [-0.15, -0.1) is 10.2 Å². The Kier molecular flexibility index (Phi) is 5.67. The number of nitrogens with one attached hydrogen (secondary N) is 1. The van der Waals surface area contributed by atoms with E-state index in [4.69, 9.17) is 9.26 Å². The Morgan fingerprint density at radius 2 is 2.24 bits per heavy atom. The number of methoxy groups -OCH3 is 1. The number of aryl methyl sites for hydroxylation is 1. The first-order valence-corrected chi connectivity index (χ1v) is 9.24. The molecular weight excluding hydrogens is 360 g/mol. The molecule has 3 rings (SSSR count). The molecule has 0 saturated carbocycles. The Morgan fingerprint density at radius 1 is 1.36 bits per heavy atom. The Balaban J connectivity index is 1.51. The summed E-state index contributed by atoms with van der Waals surface area (Å²) in [4.78, 5) is 11.9. The second kappa shape index (κ2) is 8.13. The Bertz CT molecular complexity index is 862. The maximum Gasteiger partial charge on any atom is 0.230 e.